The molecule has 0 radical (unpaired) electrons. The third-order valence-corrected chi connectivity index (χ3v) is 7.56. The summed E-state index contributed by atoms with van der Waals surface area (Å²) < 4.78 is 0. The van der Waals surface area contributed by atoms with E-state index in [9.17, 15) is 0 Å². The first-order valence-electron chi connectivity index (χ1n) is 9.57. The lowest BCUT2D eigenvalue weighted by atomic mass is 10.2. The number of benzene rings is 4. The summed E-state index contributed by atoms with van der Waals surface area (Å²) >= 11 is 5.58. The predicted octanol–water partition coefficient (Wildman–Crippen LogP) is 8.42. The van der Waals surface area contributed by atoms with Crippen LogP contribution in [0, 0.1) is 0 Å². The van der Waals surface area contributed by atoms with Gasteiger partial charge in [-0.1, -0.05) is 72.4 Å². The second-order valence-electron chi connectivity index (χ2n) is 6.59. The van der Waals surface area contributed by atoms with Gasteiger partial charge in [0.05, 0.1) is 0 Å². The summed E-state index contributed by atoms with van der Waals surface area (Å²) in [7, 11) is 0. The van der Waals surface area contributed by atoms with E-state index in [1.54, 1.807) is 0 Å². The van der Waals surface area contributed by atoms with Crippen LogP contribution in [0.5, 0.6) is 0 Å². The van der Waals surface area contributed by atoms with Crippen molar-refractivity contribution in [3.8, 4) is 0 Å². The van der Waals surface area contributed by atoms with E-state index in [1.807, 2.05) is 35.3 Å². The first-order valence-corrected chi connectivity index (χ1v) is 12.4. The van der Waals surface area contributed by atoms with E-state index >= 15 is 0 Å². The fourth-order valence-electron chi connectivity index (χ4n) is 2.83. The normalized spacial score (nSPS) is 10.8. The van der Waals surface area contributed by atoms with Gasteiger partial charge in [0.2, 0.25) is 0 Å². The van der Waals surface area contributed by atoms with Crippen molar-refractivity contribution in [2.24, 2.45) is 0 Å². The lowest BCUT2D eigenvalue weighted by Crippen LogP contribution is -1.81. The van der Waals surface area contributed by atoms with Gasteiger partial charge in [-0.25, -0.2) is 0 Å². The molecular weight excluding hydrogens is 408 g/mol. The topological polar surface area (TPSA) is 0 Å². The maximum absolute atomic E-state index is 2.22. The SMILES string of the molecule is c1ccc(CSc2ccc(Sc3ccc(SCc4ccccc4)cc3)cc2)cc1. The van der Waals surface area contributed by atoms with E-state index in [-0.39, 0.29) is 0 Å². The number of rotatable bonds is 8. The van der Waals surface area contributed by atoms with Crippen LogP contribution in [0.3, 0.4) is 0 Å². The fraction of sp³-hybridized carbons (Fsp3) is 0.0769. The van der Waals surface area contributed by atoms with Crippen molar-refractivity contribution in [3.05, 3.63) is 120 Å². The van der Waals surface area contributed by atoms with Crippen molar-refractivity contribution >= 4 is 35.3 Å². The van der Waals surface area contributed by atoms with Gasteiger partial charge in [0.25, 0.3) is 0 Å². The molecular formula is C26H22S3. The van der Waals surface area contributed by atoms with Crippen LogP contribution in [-0.2, 0) is 11.5 Å². The Kier molecular flexibility index (Phi) is 7.41. The Hall–Kier alpha value is -2.07. The molecule has 0 atom stereocenters. The summed E-state index contributed by atoms with van der Waals surface area (Å²) in [6.07, 6.45) is 0. The molecule has 0 spiro atoms. The van der Waals surface area contributed by atoms with E-state index in [2.05, 4.69) is 109 Å². The first-order chi connectivity index (χ1) is 14.3. The average Bonchev–Trinajstić information content (AvgIpc) is 2.80. The van der Waals surface area contributed by atoms with Gasteiger partial charge in [-0.3, -0.25) is 0 Å². The Morgan fingerprint density at radius 3 is 1.10 bits per heavy atom. The Balaban J connectivity index is 1.28. The van der Waals surface area contributed by atoms with Crippen LogP contribution >= 0.6 is 35.3 Å². The number of hydrogen-bond acceptors (Lipinski definition) is 3. The molecule has 0 fully saturated rings. The van der Waals surface area contributed by atoms with Gasteiger partial charge < -0.3 is 0 Å². The summed E-state index contributed by atoms with van der Waals surface area (Å²) in [6, 6.07) is 39.0. The number of hydrogen-bond donors (Lipinski definition) is 0. The van der Waals surface area contributed by atoms with E-state index in [4.69, 9.17) is 0 Å². The van der Waals surface area contributed by atoms with E-state index in [1.165, 1.54) is 30.7 Å². The van der Waals surface area contributed by atoms with Crippen LogP contribution in [0.15, 0.2) is 129 Å². The minimum atomic E-state index is 1.01. The van der Waals surface area contributed by atoms with E-state index in [0.29, 0.717) is 0 Å². The maximum Gasteiger partial charge on any atom is 0.0231 e. The minimum absolute atomic E-state index is 1.01. The fourth-order valence-corrected chi connectivity index (χ4v) is 5.35. The Morgan fingerprint density at radius 1 is 0.379 bits per heavy atom. The highest BCUT2D eigenvalue weighted by atomic mass is 32.2. The molecule has 4 aromatic rings. The minimum Gasteiger partial charge on any atom is -0.121 e. The zero-order valence-corrected chi connectivity index (χ0v) is 18.5. The van der Waals surface area contributed by atoms with Gasteiger partial charge in [0.1, 0.15) is 0 Å². The summed E-state index contributed by atoms with van der Waals surface area (Å²) in [5.74, 6) is 2.02. The first kappa shape index (κ1) is 20.2. The van der Waals surface area contributed by atoms with Crippen LogP contribution in [0.1, 0.15) is 11.1 Å². The molecule has 0 aliphatic heterocycles. The van der Waals surface area contributed by atoms with Crippen LogP contribution in [0.25, 0.3) is 0 Å². The predicted molar refractivity (Wildman–Crippen MR) is 129 cm³/mol. The van der Waals surface area contributed by atoms with Gasteiger partial charge in [-0.05, 0) is 59.7 Å². The van der Waals surface area contributed by atoms with Crippen molar-refractivity contribution in [2.45, 2.75) is 31.1 Å². The third kappa shape index (κ3) is 6.46. The lowest BCUT2D eigenvalue weighted by molar-refractivity contribution is 1.31. The van der Waals surface area contributed by atoms with E-state index in [0.717, 1.165) is 11.5 Å². The standard InChI is InChI=1S/C26H22S3/c1-3-7-21(8-4-1)19-27-23-11-15-25(16-12-23)29-26-17-13-24(14-18-26)28-20-22-9-5-2-6-10-22/h1-18H,19-20H2. The lowest BCUT2D eigenvalue weighted by Gasteiger charge is -2.06. The van der Waals surface area contributed by atoms with Gasteiger partial charge >= 0.3 is 0 Å². The van der Waals surface area contributed by atoms with Crippen LogP contribution in [0.2, 0.25) is 0 Å². The van der Waals surface area contributed by atoms with Gasteiger partial charge in [0.15, 0.2) is 0 Å². The highest BCUT2D eigenvalue weighted by Crippen LogP contribution is 2.32. The Morgan fingerprint density at radius 2 is 0.724 bits per heavy atom. The molecule has 0 saturated heterocycles. The highest BCUT2D eigenvalue weighted by Gasteiger charge is 2.01. The van der Waals surface area contributed by atoms with Gasteiger partial charge in [0, 0.05) is 31.1 Å². The quantitative estimate of drug-likeness (QED) is 0.257. The molecule has 4 aromatic carbocycles. The molecule has 0 N–H and O–H groups in total. The molecule has 0 bridgehead atoms. The molecule has 0 aliphatic rings. The zero-order chi connectivity index (χ0) is 19.7. The summed E-state index contributed by atoms with van der Waals surface area (Å²) in [6.45, 7) is 0. The highest BCUT2D eigenvalue weighted by molar-refractivity contribution is 7.99. The molecule has 0 aliphatic carbocycles. The van der Waals surface area contributed by atoms with Crippen molar-refractivity contribution in [1.82, 2.24) is 0 Å². The van der Waals surface area contributed by atoms with Gasteiger partial charge in [-0.2, -0.15) is 0 Å². The van der Waals surface area contributed by atoms with Gasteiger partial charge in [-0.15, -0.1) is 23.5 Å². The molecule has 0 nitrogen and oxygen atoms in total. The molecule has 0 amide bonds. The zero-order valence-electron chi connectivity index (χ0n) is 16.0. The molecule has 0 heterocycles. The largest absolute Gasteiger partial charge is 0.121 e. The third-order valence-electron chi connectivity index (χ3n) is 4.38. The smallest absolute Gasteiger partial charge is 0.0231 e. The summed E-state index contributed by atoms with van der Waals surface area (Å²) in [5, 5.41) is 0. The molecule has 4 rings (SSSR count). The van der Waals surface area contributed by atoms with Crippen molar-refractivity contribution in [2.75, 3.05) is 0 Å². The summed E-state index contributed by atoms with van der Waals surface area (Å²) in [4.78, 5) is 5.18. The van der Waals surface area contributed by atoms with Crippen LogP contribution < -0.4 is 0 Å². The van der Waals surface area contributed by atoms with Crippen molar-refractivity contribution in [3.63, 3.8) is 0 Å². The average molecular weight is 431 g/mol. The Bertz CT molecular complexity index is 910. The maximum atomic E-state index is 2.22. The molecule has 3 heteroatoms. The van der Waals surface area contributed by atoms with Crippen LogP contribution in [0.4, 0.5) is 0 Å². The number of thioether (sulfide) groups is 2. The molecule has 0 unspecified atom stereocenters. The van der Waals surface area contributed by atoms with E-state index < -0.39 is 0 Å². The molecule has 29 heavy (non-hydrogen) atoms. The summed E-state index contributed by atoms with van der Waals surface area (Å²) in [5.41, 5.74) is 2.72. The molecule has 0 saturated carbocycles. The molecule has 0 aromatic heterocycles. The van der Waals surface area contributed by atoms with Crippen molar-refractivity contribution in [1.29, 1.82) is 0 Å². The molecule has 144 valence electrons. The van der Waals surface area contributed by atoms with Crippen molar-refractivity contribution < 1.29 is 0 Å². The second-order valence-corrected chi connectivity index (χ2v) is 9.84. The Labute approximate surface area is 186 Å². The van der Waals surface area contributed by atoms with Crippen LogP contribution in [-0.4, -0.2) is 0 Å². The second kappa shape index (κ2) is 10.6. The monoisotopic (exact) mass is 430 g/mol.